The minimum atomic E-state index is -0.0765. The number of rotatable bonds is 8. The molecule has 0 atom stereocenters. The monoisotopic (exact) mass is 441 g/mol. The van der Waals surface area contributed by atoms with Gasteiger partial charge in [0, 0.05) is 44.5 Å². The second-order valence-corrected chi connectivity index (χ2v) is 8.24. The van der Waals surface area contributed by atoms with E-state index in [0.717, 1.165) is 49.4 Å². The Morgan fingerprint density at radius 1 is 0.879 bits per heavy atom. The first-order chi connectivity index (χ1) is 16.2. The largest absolute Gasteiger partial charge is 0.399 e. The van der Waals surface area contributed by atoms with Gasteiger partial charge in [-0.2, -0.15) is 0 Å². The van der Waals surface area contributed by atoms with E-state index in [1.54, 1.807) is 6.08 Å². The smallest absolute Gasteiger partial charge is 0.246 e. The van der Waals surface area contributed by atoms with E-state index in [4.69, 9.17) is 10.5 Å². The van der Waals surface area contributed by atoms with Crippen molar-refractivity contribution in [3.63, 3.8) is 0 Å². The Morgan fingerprint density at radius 3 is 2.12 bits per heavy atom. The first-order valence-corrected chi connectivity index (χ1v) is 11.5. The summed E-state index contributed by atoms with van der Waals surface area (Å²) in [5.74, 6) is 0.0431. The summed E-state index contributed by atoms with van der Waals surface area (Å²) in [6.07, 6.45) is 3.39. The Morgan fingerprint density at radius 2 is 1.52 bits per heavy atom. The number of ether oxygens (including phenoxy) is 1. The van der Waals surface area contributed by atoms with Crippen molar-refractivity contribution in [2.75, 3.05) is 45.1 Å². The lowest BCUT2D eigenvalue weighted by Crippen LogP contribution is -2.49. The quantitative estimate of drug-likeness (QED) is 0.420. The molecule has 3 aromatic rings. The van der Waals surface area contributed by atoms with Crippen LogP contribution in [0.15, 0.2) is 91.0 Å². The van der Waals surface area contributed by atoms with E-state index < -0.39 is 0 Å². The molecule has 0 aromatic heterocycles. The molecule has 0 aliphatic carbocycles. The third kappa shape index (κ3) is 6.54. The molecule has 0 saturated carbocycles. The number of nitrogens with two attached hydrogens (primary N) is 1. The van der Waals surface area contributed by atoms with Gasteiger partial charge in [-0.05, 0) is 34.9 Å². The average molecular weight is 442 g/mol. The van der Waals surface area contributed by atoms with Crippen molar-refractivity contribution in [3.8, 4) is 0 Å². The molecule has 4 rings (SSSR count). The van der Waals surface area contributed by atoms with Gasteiger partial charge in [0.15, 0.2) is 0 Å². The van der Waals surface area contributed by atoms with Gasteiger partial charge in [0.05, 0.1) is 6.61 Å². The van der Waals surface area contributed by atoms with E-state index in [2.05, 4.69) is 29.2 Å². The number of amides is 1. The van der Waals surface area contributed by atoms with Crippen molar-refractivity contribution in [1.29, 1.82) is 0 Å². The molecule has 1 amide bonds. The van der Waals surface area contributed by atoms with Gasteiger partial charge in [0.2, 0.25) is 5.91 Å². The maximum absolute atomic E-state index is 12.5. The number of anilines is 1. The fourth-order valence-electron chi connectivity index (χ4n) is 4.07. The Labute approximate surface area is 196 Å². The van der Waals surface area contributed by atoms with Crippen LogP contribution in [-0.4, -0.2) is 55.0 Å². The number of benzene rings is 3. The third-order valence-corrected chi connectivity index (χ3v) is 5.91. The van der Waals surface area contributed by atoms with Gasteiger partial charge in [0.25, 0.3) is 0 Å². The highest BCUT2D eigenvalue weighted by molar-refractivity contribution is 5.92. The van der Waals surface area contributed by atoms with Crippen LogP contribution in [0.1, 0.15) is 22.8 Å². The van der Waals surface area contributed by atoms with Crippen molar-refractivity contribution >= 4 is 17.7 Å². The Bertz CT molecular complexity index is 1010. The number of nitrogen functional groups attached to an aromatic ring is 1. The van der Waals surface area contributed by atoms with Crippen LogP contribution in [0.3, 0.4) is 0 Å². The van der Waals surface area contributed by atoms with E-state index >= 15 is 0 Å². The summed E-state index contributed by atoms with van der Waals surface area (Å²) >= 11 is 0. The van der Waals surface area contributed by atoms with Crippen LogP contribution >= 0.6 is 0 Å². The molecule has 0 bridgehead atoms. The zero-order chi connectivity index (χ0) is 22.9. The topological polar surface area (TPSA) is 58.8 Å². The standard InChI is InChI=1S/C28H31N3O2/c29-26-13-7-8-23(22-26)14-15-27(32)31-18-16-30(17-19-31)20-21-33-28(24-9-3-1-4-10-24)25-11-5-2-6-12-25/h1-15,22,28H,16-21,29H2/b15-14+. The highest BCUT2D eigenvalue weighted by Gasteiger charge is 2.20. The minimum absolute atomic E-state index is 0.0431. The van der Waals surface area contributed by atoms with Crippen LogP contribution in [-0.2, 0) is 9.53 Å². The zero-order valence-electron chi connectivity index (χ0n) is 18.8. The van der Waals surface area contributed by atoms with E-state index in [0.29, 0.717) is 12.3 Å². The van der Waals surface area contributed by atoms with Crippen molar-refractivity contribution < 1.29 is 9.53 Å². The molecule has 1 fully saturated rings. The molecular weight excluding hydrogens is 410 g/mol. The summed E-state index contributed by atoms with van der Waals surface area (Å²) in [6.45, 7) is 4.63. The predicted molar refractivity (Wildman–Crippen MR) is 134 cm³/mol. The molecule has 0 spiro atoms. The fourth-order valence-corrected chi connectivity index (χ4v) is 4.07. The van der Waals surface area contributed by atoms with E-state index in [-0.39, 0.29) is 12.0 Å². The summed E-state index contributed by atoms with van der Waals surface area (Å²) in [7, 11) is 0. The molecule has 2 N–H and O–H groups in total. The maximum Gasteiger partial charge on any atom is 0.246 e. The molecule has 1 saturated heterocycles. The molecule has 5 nitrogen and oxygen atoms in total. The Hall–Kier alpha value is -3.41. The number of nitrogens with zero attached hydrogens (tertiary/aromatic N) is 2. The number of carbonyl (C=O) groups is 1. The van der Waals surface area contributed by atoms with E-state index in [9.17, 15) is 4.79 Å². The maximum atomic E-state index is 12.5. The fraction of sp³-hybridized carbons (Fsp3) is 0.250. The third-order valence-electron chi connectivity index (χ3n) is 5.91. The highest BCUT2D eigenvalue weighted by Crippen LogP contribution is 2.25. The van der Waals surface area contributed by atoms with Crippen LogP contribution in [0.25, 0.3) is 6.08 Å². The SMILES string of the molecule is Nc1cccc(/C=C/C(=O)N2CCN(CCOC(c3ccccc3)c3ccccc3)CC2)c1. The molecule has 1 heterocycles. The predicted octanol–water partition coefficient (Wildman–Crippen LogP) is 4.23. The van der Waals surface area contributed by atoms with E-state index in [1.807, 2.05) is 71.6 Å². The summed E-state index contributed by atoms with van der Waals surface area (Å²) in [5, 5.41) is 0. The lowest BCUT2D eigenvalue weighted by Gasteiger charge is -2.34. The highest BCUT2D eigenvalue weighted by atomic mass is 16.5. The van der Waals surface area contributed by atoms with Crippen LogP contribution in [0, 0.1) is 0 Å². The summed E-state index contributed by atoms with van der Waals surface area (Å²) in [4.78, 5) is 16.8. The van der Waals surface area contributed by atoms with Crippen LogP contribution < -0.4 is 5.73 Å². The van der Waals surface area contributed by atoms with Gasteiger partial charge in [-0.3, -0.25) is 9.69 Å². The van der Waals surface area contributed by atoms with Gasteiger partial charge in [-0.25, -0.2) is 0 Å². The molecular formula is C28H31N3O2. The van der Waals surface area contributed by atoms with E-state index in [1.165, 1.54) is 0 Å². The summed E-state index contributed by atoms with van der Waals surface area (Å²) in [6, 6.07) is 28.2. The number of carbonyl (C=O) groups excluding carboxylic acids is 1. The van der Waals surface area contributed by atoms with Gasteiger partial charge in [-0.1, -0.05) is 72.8 Å². The van der Waals surface area contributed by atoms with Gasteiger partial charge >= 0.3 is 0 Å². The number of hydrogen-bond donors (Lipinski definition) is 1. The molecule has 1 aliphatic rings. The molecule has 5 heteroatoms. The van der Waals surface area contributed by atoms with Crippen molar-refractivity contribution in [2.24, 2.45) is 0 Å². The molecule has 0 radical (unpaired) electrons. The number of piperazine rings is 1. The first-order valence-electron chi connectivity index (χ1n) is 11.5. The van der Waals surface area contributed by atoms with Gasteiger partial charge in [0.1, 0.15) is 6.10 Å². The molecule has 170 valence electrons. The Kier molecular flexibility index (Phi) is 7.90. The van der Waals surface area contributed by atoms with Crippen molar-refractivity contribution in [2.45, 2.75) is 6.10 Å². The average Bonchev–Trinajstić information content (AvgIpc) is 2.87. The molecule has 33 heavy (non-hydrogen) atoms. The number of hydrogen-bond acceptors (Lipinski definition) is 4. The van der Waals surface area contributed by atoms with Gasteiger partial charge < -0.3 is 15.4 Å². The zero-order valence-corrected chi connectivity index (χ0v) is 18.8. The van der Waals surface area contributed by atoms with Crippen molar-refractivity contribution in [1.82, 2.24) is 9.80 Å². The second-order valence-electron chi connectivity index (χ2n) is 8.24. The van der Waals surface area contributed by atoms with Gasteiger partial charge in [-0.15, -0.1) is 0 Å². The van der Waals surface area contributed by atoms with Crippen LogP contribution in [0.5, 0.6) is 0 Å². The molecule has 1 aliphatic heterocycles. The molecule has 0 unspecified atom stereocenters. The summed E-state index contributed by atoms with van der Waals surface area (Å²) < 4.78 is 6.34. The normalized spacial score (nSPS) is 14.8. The first kappa shape index (κ1) is 22.8. The summed E-state index contributed by atoms with van der Waals surface area (Å²) in [5.41, 5.74) is 9.75. The Balaban J connectivity index is 1.25. The van der Waals surface area contributed by atoms with Crippen molar-refractivity contribution in [3.05, 3.63) is 108 Å². The van der Waals surface area contributed by atoms with Crippen LogP contribution in [0.4, 0.5) is 5.69 Å². The molecule has 3 aromatic carbocycles. The van der Waals surface area contributed by atoms with Crippen LogP contribution in [0.2, 0.25) is 0 Å². The lowest BCUT2D eigenvalue weighted by atomic mass is 10.0. The lowest BCUT2D eigenvalue weighted by molar-refractivity contribution is -0.127. The second kappa shape index (κ2) is 11.5. The minimum Gasteiger partial charge on any atom is -0.399 e.